The predicted molar refractivity (Wildman–Crippen MR) is 101 cm³/mol. The first kappa shape index (κ1) is 20.0. The van der Waals surface area contributed by atoms with Crippen molar-refractivity contribution in [3.05, 3.63) is 53.0 Å². The van der Waals surface area contributed by atoms with Gasteiger partial charge in [0.25, 0.3) is 0 Å². The quantitative estimate of drug-likeness (QED) is 0.662. The van der Waals surface area contributed by atoms with E-state index in [1.54, 1.807) is 6.92 Å². The average Bonchev–Trinajstić information content (AvgIpc) is 3.17. The fourth-order valence-electron chi connectivity index (χ4n) is 3.34. The van der Waals surface area contributed by atoms with E-state index in [2.05, 4.69) is 15.4 Å². The molecule has 5 nitrogen and oxygen atoms in total. The fourth-order valence-corrected chi connectivity index (χ4v) is 3.34. The molecule has 3 aromatic rings. The van der Waals surface area contributed by atoms with Crippen molar-refractivity contribution in [2.45, 2.75) is 52.4 Å². The summed E-state index contributed by atoms with van der Waals surface area (Å²) in [5.41, 5.74) is 2.80. The Hall–Kier alpha value is -2.77. The third-order valence-electron chi connectivity index (χ3n) is 4.77. The molecule has 0 aliphatic heterocycles. The summed E-state index contributed by atoms with van der Waals surface area (Å²) in [6.45, 7) is 5.59. The van der Waals surface area contributed by atoms with Crippen molar-refractivity contribution in [3.8, 4) is 0 Å². The normalized spacial score (nSPS) is 13.1. The van der Waals surface area contributed by atoms with E-state index >= 15 is 0 Å². The Labute approximate surface area is 160 Å². The monoisotopic (exact) mass is 392 g/mol. The summed E-state index contributed by atoms with van der Waals surface area (Å²) < 4.78 is 39.3. The molecule has 2 aromatic heterocycles. The summed E-state index contributed by atoms with van der Waals surface area (Å²) in [4.78, 5) is 15.5. The highest BCUT2D eigenvalue weighted by Gasteiger charge is 2.34. The van der Waals surface area contributed by atoms with Gasteiger partial charge in [-0.2, -0.15) is 18.3 Å². The maximum absolute atomic E-state index is 12.7. The van der Waals surface area contributed by atoms with Gasteiger partial charge in [-0.3, -0.25) is 9.48 Å². The van der Waals surface area contributed by atoms with Crippen LogP contribution in [0.5, 0.6) is 0 Å². The van der Waals surface area contributed by atoms with Crippen molar-refractivity contribution in [2.24, 2.45) is 0 Å². The number of alkyl halides is 3. The molecule has 0 bridgehead atoms. The summed E-state index contributed by atoms with van der Waals surface area (Å²) in [6.07, 6.45) is -1.80. The van der Waals surface area contributed by atoms with Crippen LogP contribution in [0.2, 0.25) is 0 Å². The van der Waals surface area contributed by atoms with E-state index < -0.39 is 11.9 Å². The number of para-hydroxylation sites is 1. The number of H-pyrrole nitrogens is 1. The first-order valence-corrected chi connectivity index (χ1v) is 9.11. The number of aryl methyl sites for hydroxylation is 3. The van der Waals surface area contributed by atoms with Crippen LogP contribution in [0.1, 0.15) is 35.9 Å². The molecule has 28 heavy (non-hydrogen) atoms. The van der Waals surface area contributed by atoms with Crippen molar-refractivity contribution >= 4 is 16.8 Å². The lowest BCUT2D eigenvalue weighted by Gasteiger charge is -2.14. The van der Waals surface area contributed by atoms with Crippen LogP contribution in [-0.2, 0) is 23.9 Å². The van der Waals surface area contributed by atoms with Gasteiger partial charge in [0.15, 0.2) is 5.69 Å². The topological polar surface area (TPSA) is 62.7 Å². The molecule has 0 fully saturated rings. The van der Waals surface area contributed by atoms with Crippen molar-refractivity contribution in [1.29, 1.82) is 0 Å². The van der Waals surface area contributed by atoms with Gasteiger partial charge in [0, 0.05) is 41.8 Å². The number of nitrogens with zero attached hydrogens (tertiary/aromatic N) is 2. The minimum atomic E-state index is -4.48. The van der Waals surface area contributed by atoms with Crippen LogP contribution >= 0.6 is 0 Å². The highest BCUT2D eigenvalue weighted by molar-refractivity contribution is 5.86. The van der Waals surface area contributed by atoms with Gasteiger partial charge < -0.3 is 10.3 Å². The number of hydrogen-bond donors (Lipinski definition) is 2. The Kier molecular flexibility index (Phi) is 5.49. The Morgan fingerprint density at radius 1 is 1.32 bits per heavy atom. The van der Waals surface area contributed by atoms with Crippen molar-refractivity contribution in [1.82, 2.24) is 20.1 Å². The van der Waals surface area contributed by atoms with Crippen LogP contribution in [0.15, 0.2) is 30.5 Å². The van der Waals surface area contributed by atoms with Gasteiger partial charge in [-0.1, -0.05) is 18.2 Å². The summed E-state index contributed by atoms with van der Waals surface area (Å²) in [6, 6.07) is 6.97. The molecule has 150 valence electrons. The fraction of sp³-hybridized carbons (Fsp3) is 0.400. The molecule has 2 heterocycles. The van der Waals surface area contributed by atoms with Crippen molar-refractivity contribution < 1.29 is 18.0 Å². The van der Waals surface area contributed by atoms with Gasteiger partial charge in [0.1, 0.15) is 0 Å². The molecule has 2 N–H and O–H groups in total. The number of aromatic amines is 1. The van der Waals surface area contributed by atoms with E-state index in [4.69, 9.17) is 0 Å². The lowest BCUT2D eigenvalue weighted by atomic mass is 10.0. The van der Waals surface area contributed by atoms with E-state index in [1.807, 2.05) is 38.2 Å². The number of aromatic nitrogens is 3. The lowest BCUT2D eigenvalue weighted by molar-refractivity contribution is -0.141. The van der Waals surface area contributed by atoms with Gasteiger partial charge in [-0.05, 0) is 44.4 Å². The maximum Gasteiger partial charge on any atom is 0.435 e. The molecule has 0 saturated heterocycles. The molecule has 0 aliphatic rings. The highest BCUT2D eigenvalue weighted by atomic mass is 19.4. The second-order valence-corrected chi connectivity index (χ2v) is 7.13. The number of halogens is 3. The SMILES string of the molecule is Cc1cccc2c(C[C@H](C)NC(=O)CCn3nc(C(F)(F)F)cc3C)c[nH]c12. The van der Waals surface area contributed by atoms with Crippen LogP contribution in [0, 0.1) is 13.8 Å². The van der Waals surface area contributed by atoms with E-state index in [-0.39, 0.29) is 24.9 Å². The van der Waals surface area contributed by atoms with Gasteiger partial charge in [0.05, 0.1) is 0 Å². The van der Waals surface area contributed by atoms with Crippen LogP contribution < -0.4 is 5.32 Å². The number of carbonyl (C=O) groups is 1. The Morgan fingerprint density at radius 3 is 2.75 bits per heavy atom. The Morgan fingerprint density at radius 2 is 2.07 bits per heavy atom. The van der Waals surface area contributed by atoms with Gasteiger partial charge in [-0.25, -0.2) is 0 Å². The predicted octanol–water partition coefficient (Wildman–Crippen LogP) is 4.14. The third-order valence-corrected chi connectivity index (χ3v) is 4.77. The van der Waals surface area contributed by atoms with Crippen LogP contribution in [-0.4, -0.2) is 26.7 Å². The molecule has 0 radical (unpaired) electrons. The zero-order chi connectivity index (χ0) is 20.5. The van der Waals surface area contributed by atoms with E-state index in [1.165, 1.54) is 4.68 Å². The van der Waals surface area contributed by atoms with Gasteiger partial charge in [-0.15, -0.1) is 0 Å². The number of rotatable bonds is 6. The largest absolute Gasteiger partial charge is 0.435 e. The second-order valence-electron chi connectivity index (χ2n) is 7.13. The second kappa shape index (κ2) is 7.69. The number of nitrogens with one attached hydrogen (secondary N) is 2. The van der Waals surface area contributed by atoms with E-state index in [0.717, 1.165) is 28.1 Å². The average molecular weight is 392 g/mol. The lowest BCUT2D eigenvalue weighted by Crippen LogP contribution is -2.34. The zero-order valence-electron chi connectivity index (χ0n) is 16.0. The number of fused-ring (bicyclic) bond motifs is 1. The number of carbonyl (C=O) groups excluding carboxylic acids is 1. The molecule has 1 amide bonds. The number of amides is 1. The minimum Gasteiger partial charge on any atom is -0.361 e. The third kappa shape index (κ3) is 4.37. The van der Waals surface area contributed by atoms with Crippen molar-refractivity contribution in [2.75, 3.05) is 0 Å². The molecule has 3 rings (SSSR count). The van der Waals surface area contributed by atoms with E-state index in [0.29, 0.717) is 12.1 Å². The standard InChI is InChI=1S/C20H23F3N4O/c1-12-5-4-6-16-15(11-24-19(12)16)9-13(2)25-18(28)7-8-27-14(3)10-17(26-27)20(21,22)23/h4-6,10-11,13,24H,7-9H2,1-3H3,(H,25,28)/t13-/m0/s1. The number of hydrogen-bond acceptors (Lipinski definition) is 2. The maximum atomic E-state index is 12.7. The summed E-state index contributed by atoms with van der Waals surface area (Å²) in [5.74, 6) is -0.216. The minimum absolute atomic E-state index is 0.0666. The molecule has 0 spiro atoms. The first-order chi connectivity index (χ1) is 13.1. The van der Waals surface area contributed by atoms with E-state index in [9.17, 15) is 18.0 Å². The van der Waals surface area contributed by atoms with Gasteiger partial charge in [0.2, 0.25) is 5.91 Å². The van der Waals surface area contributed by atoms with Crippen LogP contribution in [0.4, 0.5) is 13.2 Å². The zero-order valence-corrected chi connectivity index (χ0v) is 16.0. The molecule has 0 aliphatic carbocycles. The number of benzene rings is 1. The van der Waals surface area contributed by atoms with Gasteiger partial charge >= 0.3 is 6.18 Å². The van der Waals surface area contributed by atoms with Crippen molar-refractivity contribution in [3.63, 3.8) is 0 Å². The summed E-state index contributed by atoms with van der Waals surface area (Å²) >= 11 is 0. The molecule has 0 unspecified atom stereocenters. The first-order valence-electron chi connectivity index (χ1n) is 9.11. The molecule has 1 atom stereocenters. The molecule has 8 heteroatoms. The molecular weight excluding hydrogens is 369 g/mol. The molecule has 0 saturated carbocycles. The summed E-state index contributed by atoms with van der Waals surface area (Å²) in [5, 5.41) is 7.58. The molecular formula is C20H23F3N4O. The van der Waals surface area contributed by atoms with Crippen LogP contribution in [0.25, 0.3) is 10.9 Å². The highest BCUT2D eigenvalue weighted by Crippen LogP contribution is 2.28. The Balaban J connectivity index is 1.56. The van der Waals surface area contributed by atoms with Crippen LogP contribution in [0.3, 0.4) is 0 Å². The summed E-state index contributed by atoms with van der Waals surface area (Å²) in [7, 11) is 0. The Bertz CT molecular complexity index is 987. The molecule has 1 aromatic carbocycles. The smallest absolute Gasteiger partial charge is 0.361 e.